The van der Waals surface area contributed by atoms with Gasteiger partial charge in [0.15, 0.2) is 0 Å². The van der Waals surface area contributed by atoms with E-state index in [2.05, 4.69) is 20.6 Å². The van der Waals surface area contributed by atoms with E-state index < -0.39 is 0 Å². The highest BCUT2D eigenvalue weighted by Gasteiger charge is 2.35. The van der Waals surface area contributed by atoms with Gasteiger partial charge in [-0.3, -0.25) is 14.6 Å². The lowest BCUT2D eigenvalue weighted by molar-refractivity contribution is -0.127. The van der Waals surface area contributed by atoms with Crippen molar-refractivity contribution in [1.29, 1.82) is 0 Å². The summed E-state index contributed by atoms with van der Waals surface area (Å²) in [7, 11) is 1.64. The van der Waals surface area contributed by atoms with Crippen molar-refractivity contribution in [3.63, 3.8) is 0 Å². The van der Waals surface area contributed by atoms with Gasteiger partial charge >= 0.3 is 0 Å². The van der Waals surface area contributed by atoms with Crippen molar-refractivity contribution in [3.05, 3.63) is 54.1 Å². The Labute approximate surface area is 152 Å². The van der Waals surface area contributed by atoms with Crippen molar-refractivity contribution in [3.8, 4) is 0 Å². The van der Waals surface area contributed by atoms with Crippen molar-refractivity contribution < 1.29 is 14.3 Å². The van der Waals surface area contributed by atoms with Crippen LogP contribution in [0.3, 0.4) is 0 Å². The third kappa shape index (κ3) is 4.49. The molecule has 2 amide bonds. The zero-order valence-corrected chi connectivity index (χ0v) is 14.8. The molecule has 3 rings (SSSR count). The van der Waals surface area contributed by atoms with Crippen molar-refractivity contribution in [1.82, 2.24) is 20.6 Å². The molecule has 1 aliphatic carbocycles. The highest BCUT2D eigenvalue weighted by Crippen LogP contribution is 2.27. The van der Waals surface area contributed by atoms with Crippen LogP contribution in [-0.4, -0.2) is 41.0 Å². The Kier molecular flexibility index (Phi) is 6.01. The molecular weight excluding hydrogens is 332 g/mol. The molecule has 3 atom stereocenters. The lowest BCUT2D eigenvalue weighted by atomic mass is 9.83. The minimum atomic E-state index is -0.193. The number of nitrogens with zero attached hydrogens (tertiary/aromatic N) is 1. The normalized spacial score (nSPS) is 22.6. The molecule has 2 heterocycles. The first-order chi connectivity index (χ1) is 12.7. The van der Waals surface area contributed by atoms with Gasteiger partial charge in [-0.2, -0.15) is 0 Å². The molecule has 2 aromatic rings. The molecule has 0 unspecified atom stereocenters. The molecule has 0 aliphatic heterocycles. The molecule has 0 radical (unpaired) electrons. The van der Waals surface area contributed by atoms with E-state index in [1.54, 1.807) is 31.8 Å². The van der Waals surface area contributed by atoms with E-state index in [1.165, 1.54) is 0 Å². The lowest BCUT2D eigenvalue weighted by Gasteiger charge is -2.35. The fourth-order valence-electron chi connectivity index (χ4n) is 3.36. The molecule has 0 aromatic carbocycles. The van der Waals surface area contributed by atoms with Gasteiger partial charge in [-0.25, -0.2) is 0 Å². The molecule has 7 heteroatoms. The van der Waals surface area contributed by atoms with Crippen LogP contribution in [0, 0.1) is 5.92 Å². The SMILES string of the molecule is CO[C@@H]1CC[C@H](C(=O)NCc2ccccn2)C[C@H]1NC(=O)c1cc[nH]c1. The zero-order chi connectivity index (χ0) is 18.4. The summed E-state index contributed by atoms with van der Waals surface area (Å²) in [5.74, 6) is -0.319. The van der Waals surface area contributed by atoms with Crippen LogP contribution in [0.4, 0.5) is 0 Å². The summed E-state index contributed by atoms with van der Waals surface area (Å²) in [6, 6.07) is 7.14. The minimum absolute atomic E-state index is 0.00824. The van der Waals surface area contributed by atoms with Crippen molar-refractivity contribution in [2.24, 2.45) is 5.92 Å². The maximum absolute atomic E-state index is 12.5. The summed E-state index contributed by atoms with van der Waals surface area (Å²) in [6.07, 6.45) is 7.01. The number of amides is 2. The third-order valence-electron chi connectivity index (χ3n) is 4.81. The second-order valence-corrected chi connectivity index (χ2v) is 6.50. The highest BCUT2D eigenvalue weighted by atomic mass is 16.5. The highest BCUT2D eigenvalue weighted by molar-refractivity contribution is 5.94. The van der Waals surface area contributed by atoms with E-state index in [9.17, 15) is 9.59 Å². The van der Waals surface area contributed by atoms with Gasteiger partial charge in [0.05, 0.1) is 29.9 Å². The van der Waals surface area contributed by atoms with Crippen LogP contribution in [-0.2, 0) is 16.1 Å². The van der Waals surface area contributed by atoms with Crippen LogP contribution >= 0.6 is 0 Å². The molecule has 2 aromatic heterocycles. The molecular formula is C19H24N4O3. The number of aromatic amines is 1. The Morgan fingerprint density at radius 2 is 2.19 bits per heavy atom. The topological polar surface area (TPSA) is 96.1 Å². The number of carbonyl (C=O) groups is 2. The van der Waals surface area contributed by atoms with Gasteiger partial charge < -0.3 is 20.4 Å². The van der Waals surface area contributed by atoms with E-state index >= 15 is 0 Å². The largest absolute Gasteiger partial charge is 0.379 e. The van der Waals surface area contributed by atoms with E-state index in [1.807, 2.05) is 18.2 Å². The number of nitrogens with one attached hydrogen (secondary N) is 3. The lowest BCUT2D eigenvalue weighted by Crippen LogP contribution is -2.50. The average molecular weight is 356 g/mol. The van der Waals surface area contributed by atoms with Crippen molar-refractivity contribution in [2.75, 3.05) is 7.11 Å². The van der Waals surface area contributed by atoms with E-state index in [0.717, 1.165) is 18.5 Å². The third-order valence-corrected chi connectivity index (χ3v) is 4.81. The fourth-order valence-corrected chi connectivity index (χ4v) is 3.36. The first-order valence-corrected chi connectivity index (χ1v) is 8.81. The quantitative estimate of drug-likeness (QED) is 0.733. The summed E-state index contributed by atoms with van der Waals surface area (Å²) in [6.45, 7) is 0.407. The standard InChI is InChI=1S/C19H24N4O3/c1-26-17-6-5-13(18(24)22-12-15-4-2-3-8-21-15)10-16(17)23-19(25)14-7-9-20-11-14/h2-4,7-9,11,13,16-17,20H,5-6,10,12H2,1H3,(H,22,24)(H,23,25)/t13-,16+,17+/m0/s1. The second kappa shape index (κ2) is 8.62. The van der Waals surface area contributed by atoms with Crippen molar-refractivity contribution in [2.45, 2.75) is 38.0 Å². The maximum atomic E-state index is 12.5. The minimum Gasteiger partial charge on any atom is -0.379 e. The van der Waals surface area contributed by atoms with Crippen LogP contribution in [0.15, 0.2) is 42.9 Å². The number of carbonyl (C=O) groups excluding carboxylic acids is 2. The first-order valence-electron chi connectivity index (χ1n) is 8.81. The van der Waals surface area contributed by atoms with Gasteiger partial charge in [-0.15, -0.1) is 0 Å². The molecule has 0 bridgehead atoms. The van der Waals surface area contributed by atoms with Crippen LogP contribution in [0.25, 0.3) is 0 Å². The monoisotopic (exact) mass is 356 g/mol. The van der Waals surface area contributed by atoms with Gasteiger partial charge in [0.1, 0.15) is 0 Å². The van der Waals surface area contributed by atoms with Crippen LogP contribution in [0.5, 0.6) is 0 Å². The molecule has 0 spiro atoms. The number of H-pyrrole nitrogens is 1. The summed E-state index contributed by atoms with van der Waals surface area (Å²) < 4.78 is 5.52. The fraction of sp³-hybridized carbons (Fsp3) is 0.421. The van der Waals surface area contributed by atoms with Gasteiger partial charge in [0, 0.05) is 31.6 Å². The Hall–Kier alpha value is -2.67. The second-order valence-electron chi connectivity index (χ2n) is 6.50. The molecule has 3 N–H and O–H groups in total. The number of ether oxygens (including phenoxy) is 1. The van der Waals surface area contributed by atoms with E-state index in [-0.39, 0.29) is 29.9 Å². The number of pyridine rings is 1. The van der Waals surface area contributed by atoms with Gasteiger partial charge in [-0.05, 0) is 37.5 Å². The molecule has 26 heavy (non-hydrogen) atoms. The van der Waals surface area contributed by atoms with Gasteiger partial charge in [-0.1, -0.05) is 6.07 Å². The predicted octanol–water partition coefficient (Wildman–Crippen LogP) is 1.64. The summed E-state index contributed by atoms with van der Waals surface area (Å²) in [4.78, 5) is 31.9. The Balaban J connectivity index is 1.57. The summed E-state index contributed by atoms with van der Waals surface area (Å²) in [5.41, 5.74) is 1.39. The molecule has 1 aliphatic rings. The Bertz CT molecular complexity index is 718. The average Bonchev–Trinajstić information content (AvgIpc) is 3.22. The molecule has 1 fully saturated rings. The number of methoxy groups -OCH3 is 1. The predicted molar refractivity (Wildman–Crippen MR) is 96.3 cm³/mol. The number of rotatable bonds is 6. The van der Waals surface area contributed by atoms with Gasteiger partial charge in [0.2, 0.25) is 5.91 Å². The molecule has 138 valence electrons. The van der Waals surface area contributed by atoms with Crippen LogP contribution < -0.4 is 10.6 Å². The Morgan fingerprint density at radius 3 is 2.88 bits per heavy atom. The summed E-state index contributed by atoms with van der Waals surface area (Å²) in [5, 5.41) is 5.95. The first kappa shape index (κ1) is 18.1. The van der Waals surface area contributed by atoms with E-state index in [0.29, 0.717) is 18.5 Å². The Morgan fingerprint density at radius 1 is 1.31 bits per heavy atom. The number of aromatic nitrogens is 2. The molecule has 0 saturated heterocycles. The number of hydrogen-bond donors (Lipinski definition) is 3. The van der Waals surface area contributed by atoms with E-state index in [4.69, 9.17) is 4.74 Å². The van der Waals surface area contributed by atoms with Crippen LogP contribution in [0.1, 0.15) is 35.3 Å². The molecule has 7 nitrogen and oxygen atoms in total. The summed E-state index contributed by atoms with van der Waals surface area (Å²) >= 11 is 0. The zero-order valence-electron chi connectivity index (χ0n) is 14.8. The maximum Gasteiger partial charge on any atom is 0.253 e. The van der Waals surface area contributed by atoms with Crippen LogP contribution in [0.2, 0.25) is 0 Å². The van der Waals surface area contributed by atoms with Crippen molar-refractivity contribution >= 4 is 11.8 Å². The smallest absolute Gasteiger partial charge is 0.253 e. The number of hydrogen-bond acceptors (Lipinski definition) is 4. The molecule has 1 saturated carbocycles. The van der Waals surface area contributed by atoms with Gasteiger partial charge in [0.25, 0.3) is 5.91 Å².